The maximum atomic E-state index is 15.1. The van der Waals surface area contributed by atoms with Crippen LogP contribution in [0.3, 0.4) is 0 Å². The molecule has 0 spiro atoms. The second-order valence-electron chi connectivity index (χ2n) is 10.7. The highest BCUT2D eigenvalue weighted by Gasteiger charge is 2.16. The Balaban J connectivity index is 1.63. The number of hydrogen-bond donors (Lipinski definition) is 2. The van der Waals surface area contributed by atoms with Crippen LogP contribution in [0.25, 0.3) is 27.8 Å². The van der Waals surface area contributed by atoms with E-state index in [-0.39, 0.29) is 23.8 Å². The lowest BCUT2D eigenvalue weighted by atomic mass is 10.1. The molecule has 0 radical (unpaired) electrons. The summed E-state index contributed by atoms with van der Waals surface area (Å²) < 4.78 is 32.4. The monoisotopic (exact) mass is 581 g/mol. The second-order valence-corrected chi connectivity index (χ2v) is 10.7. The SMILES string of the molecule is C=C(CNC)Nc1ccc(-c2cccc(C(=O)N(C)C)c2)n(Cc2cc(F)cc(-n3cc(C)c4cc(F)ccc43)c2)c1=O. The summed E-state index contributed by atoms with van der Waals surface area (Å²) in [6.45, 7) is 6.35. The highest BCUT2D eigenvalue weighted by molar-refractivity contribution is 5.95. The number of aryl methyl sites for hydroxylation is 1. The predicted octanol–water partition coefficient (Wildman–Crippen LogP) is 5.94. The minimum absolute atomic E-state index is 0.0472. The number of nitrogens with one attached hydrogen (secondary N) is 2. The number of halogens is 2. The summed E-state index contributed by atoms with van der Waals surface area (Å²) in [5, 5.41) is 6.81. The van der Waals surface area contributed by atoms with Gasteiger partial charge in [-0.2, -0.15) is 0 Å². The number of carbonyl (C=O) groups excluding carboxylic acids is 1. The molecule has 5 aromatic rings. The summed E-state index contributed by atoms with van der Waals surface area (Å²) in [7, 11) is 5.14. The van der Waals surface area contributed by atoms with E-state index in [1.807, 2.05) is 29.8 Å². The summed E-state index contributed by atoms with van der Waals surface area (Å²) in [4.78, 5) is 28.1. The van der Waals surface area contributed by atoms with Gasteiger partial charge in [0.2, 0.25) is 0 Å². The van der Waals surface area contributed by atoms with Crippen molar-refractivity contribution in [3.63, 3.8) is 0 Å². The summed E-state index contributed by atoms with van der Waals surface area (Å²) in [5.74, 6) is -0.984. The third-order valence-electron chi connectivity index (χ3n) is 7.21. The quantitative estimate of drug-likeness (QED) is 0.226. The van der Waals surface area contributed by atoms with E-state index < -0.39 is 5.82 Å². The summed E-state index contributed by atoms with van der Waals surface area (Å²) in [6.07, 6.45) is 1.84. The van der Waals surface area contributed by atoms with Crippen LogP contribution in [0.15, 0.2) is 96.1 Å². The van der Waals surface area contributed by atoms with E-state index in [0.717, 1.165) is 16.5 Å². The Bertz CT molecular complexity index is 1920. The van der Waals surface area contributed by atoms with Crippen LogP contribution < -0.4 is 16.2 Å². The van der Waals surface area contributed by atoms with Crippen LogP contribution in [0.5, 0.6) is 0 Å². The molecule has 1 amide bonds. The lowest BCUT2D eigenvalue weighted by molar-refractivity contribution is 0.0827. The lowest BCUT2D eigenvalue weighted by Gasteiger charge is -2.18. The average Bonchev–Trinajstić information content (AvgIpc) is 3.30. The Morgan fingerprint density at radius 1 is 0.977 bits per heavy atom. The first-order valence-electron chi connectivity index (χ1n) is 13.8. The first-order chi connectivity index (χ1) is 20.5. The van der Waals surface area contributed by atoms with Crippen molar-refractivity contribution < 1.29 is 13.6 Å². The Morgan fingerprint density at radius 2 is 1.77 bits per heavy atom. The molecule has 0 saturated carbocycles. The first-order valence-corrected chi connectivity index (χ1v) is 13.8. The minimum Gasteiger partial charge on any atom is -0.354 e. The van der Waals surface area contributed by atoms with E-state index >= 15 is 4.39 Å². The minimum atomic E-state index is -0.473. The standard InChI is InChI=1S/C34H33F2N5O2/c1-21-19-40(32-11-9-26(35)17-29(21)32)28-14-23(13-27(36)16-28)20-41-31(12-10-30(34(41)43)38-22(2)18-37-3)24-7-6-8-25(15-24)33(42)39(4)5/h6-17,19,37-38H,2,18,20H2,1,3-5H3. The van der Waals surface area contributed by atoms with Crippen molar-refractivity contribution in [1.82, 2.24) is 19.4 Å². The molecule has 220 valence electrons. The number of anilines is 1. The average molecular weight is 582 g/mol. The number of amides is 1. The van der Waals surface area contributed by atoms with Gasteiger partial charge in [0.15, 0.2) is 0 Å². The molecule has 0 fully saturated rings. The highest BCUT2D eigenvalue weighted by atomic mass is 19.1. The Kier molecular flexibility index (Phi) is 8.27. The number of pyridine rings is 1. The van der Waals surface area contributed by atoms with Gasteiger partial charge in [-0.25, -0.2) is 8.78 Å². The van der Waals surface area contributed by atoms with Crippen LogP contribution in [0.4, 0.5) is 14.5 Å². The van der Waals surface area contributed by atoms with Gasteiger partial charge >= 0.3 is 0 Å². The molecule has 2 aromatic heterocycles. The number of likely N-dealkylation sites (N-methyl/N-ethyl adjacent to an activating group) is 1. The smallest absolute Gasteiger partial charge is 0.275 e. The van der Waals surface area contributed by atoms with Gasteiger partial charge in [0.1, 0.15) is 17.3 Å². The summed E-state index contributed by atoms with van der Waals surface area (Å²) >= 11 is 0. The Labute approximate surface area is 248 Å². The van der Waals surface area contributed by atoms with Gasteiger partial charge < -0.3 is 24.7 Å². The fourth-order valence-corrected chi connectivity index (χ4v) is 5.23. The topological polar surface area (TPSA) is 71.3 Å². The number of aromatic nitrogens is 2. The zero-order valence-corrected chi connectivity index (χ0v) is 24.5. The molecule has 7 nitrogen and oxygen atoms in total. The first kappa shape index (κ1) is 29.5. The van der Waals surface area contributed by atoms with E-state index in [1.54, 1.807) is 62.1 Å². The van der Waals surface area contributed by atoms with E-state index in [0.29, 0.717) is 46.0 Å². The van der Waals surface area contributed by atoms with E-state index in [4.69, 9.17) is 0 Å². The van der Waals surface area contributed by atoms with Crippen molar-refractivity contribution in [3.05, 3.63) is 130 Å². The number of benzene rings is 3. The summed E-state index contributed by atoms with van der Waals surface area (Å²) in [6, 6.07) is 19.7. The number of nitrogens with zero attached hydrogens (tertiary/aromatic N) is 3. The van der Waals surface area contributed by atoms with Crippen molar-refractivity contribution in [1.29, 1.82) is 0 Å². The molecule has 5 rings (SSSR count). The molecule has 0 aliphatic heterocycles. The number of fused-ring (bicyclic) bond motifs is 1. The van der Waals surface area contributed by atoms with Crippen LogP contribution in [-0.4, -0.2) is 47.6 Å². The third-order valence-corrected chi connectivity index (χ3v) is 7.21. The van der Waals surface area contributed by atoms with Gasteiger partial charge in [-0.3, -0.25) is 9.59 Å². The van der Waals surface area contributed by atoms with Gasteiger partial charge in [0.05, 0.1) is 17.8 Å². The molecule has 0 unspecified atom stereocenters. The lowest BCUT2D eigenvalue weighted by Crippen LogP contribution is -2.27. The third kappa shape index (κ3) is 6.12. The van der Waals surface area contributed by atoms with E-state index in [1.165, 1.54) is 29.2 Å². The maximum absolute atomic E-state index is 15.1. The van der Waals surface area contributed by atoms with Crippen molar-refractivity contribution in [2.45, 2.75) is 13.5 Å². The number of rotatable bonds is 9. The van der Waals surface area contributed by atoms with Crippen LogP contribution in [0.2, 0.25) is 0 Å². The molecule has 0 aliphatic carbocycles. The number of carbonyl (C=O) groups is 1. The fourth-order valence-electron chi connectivity index (χ4n) is 5.23. The van der Waals surface area contributed by atoms with Gasteiger partial charge in [-0.05, 0) is 91.3 Å². The maximum Gasteiger partial charge on any atom is 0.275 e. The Hall–Kier alpha value is -5.02. The van der Waals surface area contributed by atoms with Gasteiger partial charge in [-0.1, -0.05) is 18.7 Å². The molecule has 9 heteroatoms. The molecule has 2 heterocycles. The van der Waals surface area contributed by atoms with Gasteiger partial charge in [-0.15, -0.1) is 0 Å². The normalized spacial score (nSPS) is 11.1. The van der Waals surface area contributed by atoms with Crippen LogP contribution in [0.1, 0.15) is 21.5 Å². The largest absolute Gasteiger partial charge is 0.354 e. The zero-order chi connectivity index (χ0) is 30.8. The molecule has 0 atom stereocenters. The van der Waals surface area contributed by atoms with E-state index in [2.05, 4.69) is 17.2 Å². The van der Waals surface area contributed by atoms with Gasteiger partial charge in [0, 0.05) is 49.2 Å². The van der Waals surface area contributed by atoms with Crippen molar-refractivity contribution in [2.75, 3.05) is 33.0 Å². The molecule has 0 bridgehead atoms. The molecule has 2 N–H and O–H groups in total. The molecular formula is C34H33F2N5O2. The van der Waals surface area contributed by atoms with Gasteiger partial charge in [0.25, 0.3) is 11.5 Å². The zero-order valence-electron chi connectivity index (χ0n) is 24.5. The fraction of sp³-hybridized carbons (Fsp3) is 0.176. The molecule has 0 saturated heterocycles. The molecular weight excluding hydrogens is 548 g/mol. The van der Waals surface area contributed by atoms with Crippen LogP contribution >= 0.6 is 0 Å². The summed E-state index contributed by atoms with van der Waals surface area (Å²) in [5.41, 5.74) is 4.98. The van der Waals surface area contributed by atoms with E-state index in [9.17, 15) is 14.0 Å². The molecule has 0 aliphatic rings. The molecule has 43 heavy (non-hydrogen) atoms. The number of hydrogen-bond acceptors (Lipinski definition) is 4. The second kappa shape index (κ2) is 12.1. The van der Waals surface area contributed by atoms with Crippen LogP contribution in [0, 0.1) is 18.6 Å². The van der Waals surface area contributed by atoms with Crippen LogP contribution in [-0.2, 0) is 6.54 Å². The Morgan fingerprint density at radius 3 is 2.51 bits per heavy atom. The van der Waals surface area contributed by atoms with Crippen molar-refractivity contribution in [3.8, 4) is 16.9 Å². The molecule has 3 aromatic carbocycles. The highest BCUT2D eigenvalue weighted by Crippen LogP contribution is 2.28. The van der Waals surface area contributed by atoms with Crippen molar-refractivity contribution >= 4 is 22.5 Å². The predicted molar refractivity (Wildman–Crippen MR) is 168 cm³/mol. The van der Waals surface area contributed by atoms with Crippen molar-refractivity contribution in [2.24, 2.45) is 0 Å².